The van der Waals surface area contributed by atoms with Crippen molar-refractivity contribution in [1.29, 1.82) is 0 Å². The number of hydrogen-bond acceptors (Lipinski definition) is 5. The van der Waals surface area contributed by atoms with Crippen molar-refractivity contribution in [3.8, 4) is 5.75 Å². The molecule has 1 aromatic carbocycles. The van der Waals surface area contributed by atoms with E-state index in [-0.39, 0.29) is 35.6 Å². The first-order valence-corrected chi connectivity index (χ1v) is 10.6. The van der Waals surface area contributed by atoms with Gasteiger partial charge in [0.15, 0.2) is 23.9 Å². The number of halogens is 4. The van der Waals surface area contributed by atoms with Crippen LogP contribution in [0.5, 0.6) is 5.75 Å². The van der Waals surface area contributed by atoms with Gasteiger partial charge in [-0.3, -0.25) is 4.79 Å². The second-order valence-electron chi connectivity index (χ2n) is 8.04. The van der Waals surface area contributed by atoms with Gasteiger partial charge in [-0.1, -0.05) is 0 Å². The van der Waals surface area contributed by atoms with Crippen molar-refractivity contribution in [2.45, 2.75) is 47.4 Å². The van der Waals surface area contributed by atoms with Crippen LogP contribution in [-0.4, -0.2) is 30.5 Å². The van der Waals surface area contributed by atoms with Crippen LogP contribution in [0.3, 0.4) is 0 Å². The minimum Gasteiger partial charge on any atom is -0.468 e. The number of ether oxygens (including phenoxy) is 1. The van der Waals surface area contributed by atoms with E-state index in [4.69, 9.17) is 4.74 Å². The molecule has 1 amide bonds. The van der Waals surface area contributed by atoms with E-state index < -0.39 is 24.0 Å². The number of aromatic nitrogens is 5. The molecule has 0 radical (unpaired) electrons. The number of nitrogens with one attached hydrogen (secondary N) is 1. The summed E-state index contributed by atoms with van der Waals surface area (Å²) in [6.45, 7) is 6.11. The Hall–Kier alpha value is -3.96. The first kappa shape index (κ1) is 24.2. The van der Waals surface area contributed by atoms with Gasteiger partial charge >= 0.3 is 0 Å². The highest BCUT2D eigenvalue weighted by atomic mass is 19.3. The van der Waals surface area contributed by atoms with Gasteiger partial charge in [0.2, 0.25) is 5.91 Å². The number of fused-ring (bicyclic) bond motifs is 1. The molecule has 35 heavy (non-hydrogen) atoms. The zero-order chi connectivity index (χ0) is 25.4. The molecule has 0 aliphatic heterocycles. The van der Waals surface area contributed by atoms with Crippen LogP contribution < -0.4 is 10.1 Å². The Bertz CT molecular complexity index is 1430. The van der Waals surface area contributed by atoms with Crippen molar-refractivity contribution in [3.05, 3.63) is 64.2 Å². The number of alkyl halides is 2. The molecule has 4 rings (SSSR count). The quantitative estimate of drug-likeness (QED) is 0.378. The van der Waals surface area contributed by atoms with Crippen molar-refractivity contribution in [2.24, 2.45) is 0 Å². The van der Waals surface area contributed by atoms with Crippen LogP contribution in [0, 0.1) is 39.3 Å². The predicted octanol–water partition coefficient (Wildman–Crippen LogP) is 4.75. The fourth-order valence-electron chi connectivity index (χ4n) is 3.84. The van der Waals surface area contributed by atoms with Crippen LogP contribution in [0.2, 0.25) is 0 Å². The number of rotatable bonds is 7. The number of pyridine rings is 1. The van der Waals surface area contributed by atoms with Gasteiger partial charge in [0.05, 0.1) is 28.2 Å². The van der Waals surface area contributed by atoms with Gasteiger partial charge in [-0.05, 0) is 45.9 Å². The predicted molar refractivity (Wildman–Crippen MR) is 119 cm³/mol. The summed E-state index contributed by atoms with van der Waals surface area (Å²) in [4.78, 5) is 17.1. The van der Waals surface area contributed by atoms with Crippen LogP contribution in [0.1, 0.15) is 34.8 Å². The number of aryl methyl sites for hydroxylation is 3. The Morgan fingerprint density at radius 3 is 2.46 bits per heavy atom. The lowest BCUT2D eigenvalue weighted by molar-refractivity contribution is -0.116. The average molecular weight is 490 g/mol. The number of hydrogen-bond donors (Lipinski definition) is 1. The minimum absolute atomic E-state index is 0.142. The van der Waals surface area contributed by atoms with E-state index in [9.17, 15) is 22.4 Å². The van der Waals surface area contributed by atoms with E-state index in [2.05, 4.69) is 20.5 Å². The average Bonchev–Trinajstić information content (AvgIpc) is 3.22. The molecular formula is C23H22F4N6O2. The first-order chi connectivity index (χ1) is 16.5. The molecule has 0 saturated carbocycles. The topological polar surface area (TPSA) is 86.9 Å². The number of benzene rings is 1. The van der Waals surface area contributed by atoms with E-state index in [1.165, 1.54) is 21.5 Å². The molecule has 1 N–H and O–H groups in total. The van der Waals surface area contributed by atoms with Crippen molar-refractivity contribution in [1.82, 2.24) is 24.5 Å². The second-order valence-corrected chi connectivity index (χ2v) is 8.04. The van der Waals surface area contributed by atoms with E-state index >= 15 is 0 Å². The van der Waals surface area contributed by atoms with Gasteiger partial charge < -0.3 is 10.1 Å². The van der Waals surface area contributed by atoms with Gasteiger partial charge in [-0.25, -0.2) is 31.9 Å². The SMILES string of the molecule is Cc1cc(C(F)F)c2c(C)nn(CC(=O)Nc3c(C)nn(COc4ccc(F)cc4F)c3C)c2n1. The maximum absolute atomic E-state index is 13.8. The summed E-state index contributed by atoms with van der Waals surface area (Å²) < 4.78 is 62.0. The fraction of sp³-hybridized carbons (Fsp3) is 0.304. The molecule has 8 nitrogen and oxygen atoms in total. The molecule has 0 aliphatic rings. The Balaban J connectivity index is 1.52. The molecule has 0 spiro atoms. The summed E-state index contributed by atoms with van der Waals surface area (Å²) in [5.74, 6) is -2.17. The standard InChI is InChI=1S/C23H22F4N6O2/c1-11-7-16(22(26)27)20-12(2)30-32(23(20)28-11)9-19(34)29-21-13(3)31-33(14(21)4)10-35-18-6-5-15(24)8-17(18)25/h5-8,22H,9-10H2,1-4H3,(H,29,34). The summed E-state index contributed by atoms with van der Waals surface area (Å²) in [5.41, 5.74) is 2.20. The third-order valence-corrected chi connectivity index (χ3v) is 5.45. The molecule has 0 saturated heterocycles. The zero-order valence-electron chi connectivity index (χ0n) is 19.4. The largest absolute Gasteiger partial charge is 0.468 e. The molecule has 0 unspecified atom stereocenters. The van der Waals surface area contributed by atoms with Gasteiger partial charge in [0, 0.05) is 17.3 Å². The first-order valence-electron chi connectivity index (χ1n) is 10.6. The summed E-state index contributed by atoms with van der Waals surface area (Å²) in [6.07, 6.45) is -2.70. The molecule has 0 atom stereocenters. The number of amides is 1. The third-order valence-electron chi connectivity index (χ3n) is 5.45. The molecule has 3 heterocycles. The minimum atomic E-state index is -2.70. The Morgan fingerprint density at radius 2 is 1.77 bits per heavy atom. The highest BCUT2D eigenvalue weighted by Crippen LogP contribution is 2.30. The Kier molecular flexibility index (Phi) is 6.46. The normalized spacial score (nSPS) is 11.5. The monoisotopic (exact) mass is 490 g/mol. The van der Waals surface area contributed by atoms with Crippen molar-refractivity contribution >= 4 is 22.6 Å². The van der Waals surface area contributed by atoms with Crippen LogP contribution in [0.25, 0.3) is 11.0 Å². The lowest BCUT2D eigenvalue weighted by Crippen LogP contribution is -2.20. The molecule has 4 aromatic rings. The molecule has 184 valence electrons. The summed E-state index contributed by atoms with van der Waals surface area (Å²) in [6, 6.07) is 4.27. The van der Waals surface area contributed by atoms with Crippen molar-refractivity contribution in [2.75, 3.05) is 5.32 Å². The highest BCUT2D eigenvalue weighted by Gasteiger charge is 2.22. The zero-order valence-corrected chi connectivity index (χ0v) is 19.4. The number of nitrogens with zero attached hydrogens (tertiary/aromatic N) is 5. The van der Waals surface area contributed by atoms with Gasteiger partial charge in [0.1, 0.15) is 12.4 Å². The fourth-order valence-corrected chi connectivity index (χ4v) is 3.84. The molecule has 0 aliphatic carbocycles. The summed E-state index contributed by atoms with van der Waals surface area (Å²) in [7, 11) is 0. The second kappa shape index (κ2) is 9.35. The third kappa shape index (κ3) is 4.81. The molecule has 12 heteroatoms. The molecular weight excluding hydrogens is 468 g/mol. The Morgan fingerprint density at radius 1 is 1.06 bits per heavy atom. The number of carbonyl (C=O) groups excluding carboxylic acids is 1. The number of carbonyl (C=O) groups is 1. The Labute approximate surface area is 197 Å². The van der Waals surface area contributed by atoms with E-state index in [0.717, 1.165) is 6.07 Å². The maximum atomic E-state index is 13.8. The van der Waals surface area contributed by atoms with Crippen LogP contribution in [0.15, 0.2) is 24.3 Å². The van der Waals surface area contributed by atoms with Crippen LogP contribution in [-0.2, 0) is 18.1 Å². The smallest absolute Gasteiger partial charge is 0.264 e. The van der Waals surface area contributed by atoms with Crippen molar-refractivity contribution < 1.29 is 27.1 Å². The number of anilines is 1. The van der Waals surface area contributed by atoms with Crippen LogP contribution in [0.4, 0.5) is 23.2 Å². The van der Waals surface area contributed by atoms with E-state index in [1.54, 1.807) is 27.7 Å². The lowest BCUT2D eigenvalue weighted by atomic mass is 10.1. The van der Waals surface area contributed by atoms with Gasteiger partial charge in [-0.2, -0.15) is 10.2 Å². The maximum Gasteiger partial charge on any atom is 0.264 e. The van der Waals surface area contributed by atoms with E-state index in [0.29, 0.717) is 34.5 Å². The summed E-state index contributed by atoms with van der Waals surface area (Å²) >= 11 is 0. The van der Waals surface area contributed by atoms with Crippen LogP contribution >= 0.6 is 0 Å². The van der Waals surface area contributed by atoms with Crippen molar-refractivity contribution in [3.63, 3.8) is 0 Å². The highest BCUT2D eigenvalue weighted by molar-refractivity contribution is 5.93. The van der Waals surface area contributed by atoms with Gasteiger partial charge in [0.25, 0.3) is 6.43 Å². The lowest BCUT2D eigenvalue weighted by Gasteiger charge is -2.10. The van der Waals surface area contributed by atoms with Gasteiger partial charge in [-0.15, -0.1) is 0 Å². The molecule has 0 bridgehead atoms. The summed E-state index contributed by atoms with van der Waals surface area (Å²) in [5, 5.41) is 11.5. The van der Waals surface area contributed by atoms with E-state index in [1.807, 2.05) is 0 Å². The molecule has 0 fully saturated rings. The molecule has 3 aromatic heterocycles.